The quantitative estimate of drug-likeness (QED) is 0.156. The number of sulfonamides is 1. The molecule has 0 amide bonds. The van der Waals surface area contributed by atoms with Crippen molar-refractivity contribution in [2.45, 2.75) is 51.0 Å². The maximum atomic E-state index is 14.0. The summed E-state index contributed by atoms with van der Waals surface area (Å²) >= 11 is 0. The molecule has 0 unspecified atom stereocenters. The van der Waals surface area contributed by atoms with Gasteiger partial charge in [-0.05, 0) is 108 Å². The van der Waals surface area contributed by atoms with Crippen molar-refractivity contribution in [3.8, 4) is 0 Å². The lowest BCUT2D eigenvalue weighted by atomic mass is 10.1. The molecule has 1 aliphatic rings. The second-order valence-electron chi connectivity index (χ2n) is 11.0. The molecular formula is C31H45FN7O5PS. The molecule has 0 saturated carbocycles. The summed E-state index contributed by atoms with van der Waals surface area (Å²) in [5, 5.41) is 6.16. The van der Waals surface area contributed by atoms with Crippen LogP contribution in [0.15, 0.2) is 59.6 Å². The van der Waals surface area contributed by atoms with Gasteiger partial charge in [0.2, 0.25) is 16.0 Å². The molecule has 4 rings (SSSR count). The normalized spacial score (nSPS) is 14.9. The van der Waals surface area contributed by atoms with E-state index in [9.17, 15) is 17.4 Å². The van der Waals surface area contributed by atoms with E-state index in [4.69, 9.17) is 14.8 Å². The van der Waals surface area contributed by atoms with Gasteiger partial charge in [0.05, 0.1) is 24.3 Å². The lowest BCUT2D eigenvalue weighted by Gasteiger charge is -2.38. The maximum Gasteiger partial charge on any atom is 0.331 e. The second kappa shape index (κ2) is 16.7. The van der Waals surface area contributed by atoms with Crippen LogP contribution >= 0.6 is 7.60 Å². The number of rotatable bonds is 17. The Hall–Kier alpha value is -2.97. The van der Waals surface area contributed by atoms with Crippen molar-refractivity contribution < 1.29 is 26.4 Å². The van der Waals surface area contributed by atoms with Crippen LogP contribution < -0.4 is 16.4 Å². The van der Waals surface area contributed by atoms with Crippen LogP contribution in [0.4, 0.5) is 27.5 Å². The van der Waals surface area contributed by atoms with Crippen molar-refractivity contribution >= 4 is 40.8 Å². The molecule has 2 heterocycles. The minimum Gasteiger partial charge on any atom is -0.340 e. The number of nitrogens with zero attached hydrogens (tertiary/aromatic N) is 4. The number of hydrogen-bond acceptors (Lipinski definition) is 11. The summed E-state index contributed by atoms with van der Waals surface area (Å²) in [5.41, 5.74) is 7.49. The van der Waals surface area contributed by atoms with Gasteiger partial charge < -0.3 is 30.3 Å². The van der Waals surface area contributed by atoms with Crippen molar-refractivity contribution in [3.05, 3.63) is 66.1 Å². The summed E-state index contributed by atoms with van der Waals surface area (Å²) in [4.78, 5) is 11.0. The largest absolute Gasteiger partial charge is 0.340 e. The van der Waals surface area contributed by atoms with E-state index in [0.717, 1.165) is 0 Å². The maximum absolute atomic E-state index is 14.0. The van der Waals surface area contributed by atoms with E-state index >= 15 is 0 Å². The highest BCUT2D eigenvalue weighted by Gasteiger charge is 2.34. The monoisotopic (exact) mass is 677 g/mol. The Morgan fingerprint density at radius 3 is 2.35 bits per heavy atom. The molecule has 2 aromatic carbocycles. The van der Waals surface area contributed by atoms with E-state index in [1.165, 1.54) is 6.07 Å². The zero-order valence-corrected chi connectivity index (χ0v) is 28.4. The lowest BCUT2D eigenvalue weighted by molar-refractivity contribution is 0.159. The van der Waals surface area contributed by atoms with E-state index in [-0.39, 0.29) is 16.8 Å². The third-order valence-electron chi connectivity index (χ3n) is 7.71. The summed E-state index contributed by atoms with van der Waals surface area (Å²) in [6.07, 6.45) is 3.70. The molecule has 0 spiro atoms. The summed E-state index contributed by atoms with van der Waals surface area (Å²) in [5.74, 6) is 0.450. The van der Waals surface area contributed by atoms with Gasteiger partial charge in [-0.3, -0.25) is 4.57 Å². The third kappa shape index (κ3) is 9.77. The molecule has 46 heavy (non-hydrogen) atoms. The molecule has 1 saturated heterocycles. The van der Waals surface area contributed by atoms with Gasteiger partial charge in [-0.1, -0.05) is 6.07 Å². The molecule has 0 radical (unpaired) electrons. The Labute approximate surface area is 271 Å². The average molecular weight is 678 g/mol. The molecule has 3 aromatic rings. The van der Waals surface area contributed by atoms with E-state index in [1.54, 1.807) is 73.7 Å². The Balaban J connectivity index is 1.39. The van der Waals surface area contributed by atoms with Crippen molar-refractivity contribution in [3.63, 3.8) is 0 Å². The van der Waals surface area contributed by atoms with Crippen LogP contribution in [0.25, 0.3) is 0 Å². The van der Waals surface area contributed by atoms with E-state index in [2.05, 4.69) is 25.5 Å². The minimum absolute atomic E-state index is 0.179. The number of nitrogens with one attached hydrogen (secondary N) is 2. The lowest BCUT2D eigenvalue weighted by Crippen LogP contribution is -2.48. The highest BCUT2D eigenvalue weighted by Crippen LogP contribution is 2.47. The smallest absolute Gasteiger partial charge is 0.331 e. The molecular weight excluding hydrogens is 632 g/mol. The number of nitrogens with two attached hydrogens (primary N) is 1. The Morgan fingerprint density at radius 2 is 1.72 bits per heavy atom. The summed E-state index contributed by atoms with van der Waals surface area (Å²) in [7, 11) is -6.94. The number of piperidine rings is 1. The van der Waals surface area contributed by atoms with Gasteiger partial charge in [-0.15, -0.1) is 0 Å². The molecule has 0 atom stereocenters. The fourth-order valence-electron chi connectivity index (χ4n) is 5.28. The van der Waals surface area contributed by atoms with Crippen LogP contribution in [0.1, 0.15) is 38.7 Å². The summed E-state index contributed by atoms with van der Waals surface area (Å²) in [6.45, 7) is 8.53. The molecule has 0 aliphatic carbocycles. The van der Waals surface area contributed by atoms with Crippen LogP contribution in [0.5, 0.6) is 0 Å². The first-order chi connectivity index (χ1) is 22.1. The SMILES string of the molecule is CCOP(=O)(CCN1CCC(N(CCCN)S(=O)(=O)c2ccc(Nc3nccc(Nc4ccc(C)c(F)c4)n3)cc2)CC1)OCC. The van der Waals surface area contributed by atoms with E-state index in [1.807, 2.05) is 0 Å². The zero-order valence-electron chi connectivity index (χ0n) is 26.7. The number of halogens is 1. The molecule has 4 N–H and O–H groups in total. The molecule has 1 aromatic heterocycles. The highest BCUT2D eigenvalue weighted by atomic mass is 32.2. The van der Waals surface area contributed by atoms with Crippen LogP contribution in [-0.4, -0.2) is 85.7 Å². The molecule has 12 nitrogen and oxygen atoms in total. The van der Waals surface area contributed by atoms with Crippen LogP contribution in [0, 0.1) is 12.7 Å². The van der Waals surface area contributed by atoms with Gasteiger partial charge in [0.15, 0.2) is 0 Å². The van der Waals surface area contributed by atoms with Crippen LogP contribution in [-0.2, 0) is 23.6 Å². The standard InChI is InChI=1S/C31H45FN7O5PS/c1-4-43-45(40,44-5-2)22-21-38-19-14-27(15-20-38)39(18-6-16-33)46(41,42)28-11-9-25(10-12-28)36-31-34-17-13-30(37-31)35-26-8-7-24(3)29(32)23-26/h7-13,17,23,27H,4-6,14-16,18-22,33H2,1-3H3,(H2,34,35,36,37). The number of aryl methyl sites for hydroxylation is 1. The second-order valence-corrected chi connectivity index (χ2v) is 15.1. The van der Waals surface area contributed by atoms with Gasteiger partial charge in [-0.25, -0.2) is 17.8 Å². The van der Waals surface area contributed by atoms with Crippen molar-refractivity contribution in [2.24, 2.45) is 5.73 Å². The first-order valence-corrected chi connectivity index (χ1v) is 18.8. The van der Waals surface area contributed by atoms with Gasteiger partial charge in [0.1, 0.15) is 11.6 Å². The van der Waals surface area contributed by atoms with Gasteiger partial charge >= 0.3 is 7.60 Å². The molecule has 1 aliphatic heterocycles. The minimum atomic E-state index is -3.80. The fourth-order valence-corrected chi connectivity index (χ4v) is 8.65. The number of aromatic nitrogens is 2. The predicted octanol–water partition coefficient (Wildman–Crippen LogP) is 5.48. The Bertz CT molecular complexity index is 1560. The Kier molecular flexibility index (Phi) is 13.0. The predicted molar refractivity (Wildman–Crippen MR) is 179 cm³/mol. The van der Waals surface area contributed by atoms with Gasteiger partial charge in [0.25, 0.3) is 0 Å². The molecule has 1 fully saturated rings. The molecule has 252 valence electrons. The number of benzene rings is 2. The van der Waals surface area contributed by atoms with Gasteiger partial charge in [0, 0.05) is 36.7 Å². The number of hydrogen-bond donors (Lipinski definition) is 3. The van der Waals surface area contributed by atoms with Gasteiger partial charge in [-0.2, -0.15) is 9.29 Å². The average Bonchev–Trinajstić information content (AvgIpc) is 3.03. The first kappa shape index (κ1) is 35.9. The highest BCUT2D eigenvalue weighted by molar-refractivity contribution is 7.89. The topological polar surface area (TPSA) is 152 Å². The first-order valence-electron chi connectivity index (χ1n) is 15.6. The third-order valence-corrected chi connectivity index (χ3v) is 11.7. The number of likely N-dealkylation sites (tertiary alicyclic amines) is 1. The molecule has 0 bridgehead atoms. The van der Waals surface area contributed by atoms with Crippen LogP contribution in [0.3, 0.4) is 0 Å². The van der Waals surface area contributed by atoms with Crippen molar-refractivity contribution in [2.75, 3.05) is 62.7 Å². The summed E-state index contributed by atoms with van der Waals surface area (Å²) < 4.78 is 67.0. The van der Waals surface area contributed by atoms with E-state index in [0.29, 0.717) is 100 Å². The fraction of sp³-hybridized carbons (Fsp3) is 0.484. The van der Waals surface area contributed by atoms with E-state index < -0.39 is 17.6 Å². The Morgan fingerprint density at radius 1 is 1.04 bits per heavy atom. The van der Waals surface area contributed by atoms with Crippen molar-refractivity contribution in [1.29, 1.82) is 0 Å². The van der Waals surface area contributed by atoms with Crippen molar-refractivity contribution in [1.82, 2.24) is 19.2 Å². The zero-order chi connectivity index (χ0) is 33.2. The number of anilines is 4. The van der Waals surface area contributed by atoms with Crippen LogP contribution in [0.2, 0.25) is 0 Å². The molecule has 15 heteroatoms. The summed E-state index contributed by atoms with van der Waals surface area (Å²) in [6, 6.07) is 12.8.